The molecule has 0 spiro atoms. The maximum Gasteiger partial charge on any atom is 0.417 e. The van der Waals surface area contributed by atoms with Crippen molar-refractivity contribution < 1.29 is 23.1 Å². The van der Waals surface area contributed by atoms with Crippen LogP contribution in [0.15, 0.2) is 41.4 Å². The minimum Gasteiger partial charge on any atom is -0.480 e. The smallest absolute Gasteiger partial charge is 0.417 e. The van der Waals surface area contributed by atoms with E-state index in [1.165, 1.54) is 0 Å². The number of carboxylic acids is 1. The number of nitrogens with zero attached hydrogens (tertiary/aromatic N) is 2. The first-order chi connectivity index (χ1) is 15.7. The van der Waals surface area contributed by atoms with Gasteiger partial charge in [0.1, 0.15) is 16.3 Å². The molecule has 1 heterocycles. The molecule has 4 aliphatic rings. The summed E-state index contributed by atoms with van der Waals surface area (Å²) in [7, 11) is 0. The Morgan fingerprint density at radius 3 is 2.18 bits per heavy atom. The van der Waals surface area contributed by atoms with E-state index in [1.807, 2.05) is 0 Å². The van der Waals surface area contributed by atoms with E-state index in [-0.39, 0.29) is 5.03 Å². The molecular formula is C25H23F3N2O2S. The molecule has 33 heavy (non-hydrogen) atoms. The summed E-state index contributed by atoms with van der Waals surface area (Å²) in [4.78, 5) is 16.7. The first-order valence-corrected chi connectivity index (χ1v) is 12.0. The van der Waals surface area contributed by atoms with Gasteiger partial charge in [0.2, 0.25) is 0 Å². The van der Waals surface area contributed by atoms with Crippen molar-refractivity contribution in [2.45, 2.75) is 60.4 Å². The zero-order chi connectivity index (χ0) is 23.4. The SMILES string of the molecule is N#Cc1c(C(F)(F)F)cc(C23CC4CC(CC(C4)C2)C3)nc1SC(C(=O)O)c1ccccc1. The Kier molecular flexibility index (Phi) is 5.43. The molecule has 0 aliphatic heterocycles. The number of aliphatic carboxylic acids is 1. The van der Waals surface area contributed by atoms with Gasteiger partial charge in [0.25, 0.3) is 0 Å². The fourth-order valence-corrected chi connectivity index (χ4v) is 7.68. The first-order valence-electron chi connectivity index (χ1n) is 11.2. The number of rotatable bonds is 5. The fraction of sp³-hybridized carbons (Fsp3) is 0.480. The monoisotopic (exact) mass is 472 g/mol. The minimum absolute atomic E-state index is 0.144. The number of halogens is 3. The molecule has 0 saturated heterocycles. The highest BCUT2D eigenvalue weighted by Gasteiger charge is 2.53. The van der Waals surface area contributed by atoms with Crippen LogP contribution in [0.2, 0.25) is 0 Å². The van der Waals surface area contributed by atoms with Crippen molar-refractivity contribution in [3.05, 3.63) is 58.8 Å². The molecule has 2 aromatic rings. The van der Waals surface area contributed by atoms with Crippen LogP contribution in [0.3, 0.4) is 0 Å². The van der Waals surface area contributed by atoms with Crippen molar-refractivity contribution in [1.82, 2.24) is 4.98 Å². The second-order valence-electron chi connectivity index (χ2n) is 9.79. The molecule has 4 saturated carbocycles. The van der Waals surface area contributed by atoms with E-state index in [4.69, 9.17) is 0 Å². The highest BCUT2D eigenvalue weighted by molar-refractivity contribution is 8.00. The number of alkyl halides is 3. The number of carboxylic acid groups (broad SMARTS) is 1. The van der Waals surface area contributed by atoms with Crippen LogP contribution < -0.4 is 0 Å². The zero-order valence-electron chi connectivity index (χ0n) is 17.8. The lowest BCUT2D eigenvalue weighted by Crippen LogP contribution is -2.49. The number of pyridine rings is 1. The first kappa shape index (κ1) is 22.3. The normalized spacial score (nSPS) is 29.0. The van der Waals surface area contributed by atoms with Crippen molar-refractivity contribution in [3.8, 4) is 6.07 Å². The summed E-state index contributed by atoms with van der Waals surface area (Å²) >= 11 is 0.716. The molecule has 0 radical (unpaired) electrons. The van der Waals surface area contributed by atoms with Crippen molar-refractivity contribution in [1.29, 1.82) is 5.26 Å². The molecule has 0 amide bonds. The summed E-state index contributed by atoms with van der Waals surface area (Å²) in [6, 6.07) is 11.1. The summed E-state index contributed by atoms with van der Waals surface area (Å²) < 4.78 is 42.2. The number of thioether (sulfide) groups is 1. The van der Waals surface area contributed by atoms with Gasteiger partial charge in [0, 0.05) is 11.1 Å². The van der Waals surface area contributed by atoms with Gasteiger partial charge < -0.3 is 5.11 Å². The van der Waals surface area contributed by atoms with Gasteiger partial charge in [0.15, 0.2) is 0 Å². The zero-order valence-corrected chi connectivity index (χ0v) is 18.6. The number of nitriles is 1. The minimum atomic E-state index is -4.73. The second-order valence-corrected chi connectivity index (χ2v) is 10.9. The maximum absolute atomic E-state index is 14.1. The summed E-state index contributed by atoms with van der Waals surface area (Å²) in [6.07, 6.45) is 1.14. The van der Waals surface area contributed by atoms with Crippen LogP contribution in [-0.2, 0) is 16.4 Å². The Bertz CT molecular complexity index is 1090. The van der Waals surface area contributed by atoms with Crippen LogP contribution in [0.25, 0.3) is 0 Å². The quantitative estimate of drug-likeness (QED) is 0.513. The third-order valence-electron chi connectivity index (χ3n) is 7.54. The number of benzene rings is 1. The van der Waals surface area contributed by atoms with Crippen LogP contribution >= 0.6 is 11.8 Å². The molecule has 4 bridgehead atoms. The third kappa shape index (κ3) is 4.01. The molecule has 1 atom stereocenters. The van der Waals surface area contributed by atoms with Crippen LogP contribution in [-0.4, -0.2) is 16.1 Å². The van der Waals surface area contributed by atoms with Crippen molar-refractivity contribution >= 4 is 17.7 Å². The van der Waals surface area contributed by atoms with Crippen LogP contribution in [0, 0.1) is 29.1 Å². The molecule has 1 unspecified atom stereocenters. The van der Waals surface area contributed by atoms with E-state index in [0.29, 0.717) is 40.8 Å². The van der Waals surface area contributed by atoms with Gasteiger partial charge in [-0.3, -0.25) is 4.79 Å². The van der Waals surface area contributed by atoms with Gasteiger partial charge in [-0.15, -0.1) is 0 Å². The van der Waals surface area contributed by atoms with Gasteiger partial charge in [-0.1, -0.05) is 42.1 Å². The summed E-state index contributed by atoms with van der Waals surface area (Å²) in [6.45, 7) is 0. The molecule has 172 valence electrons. The Morgan fingerprint density at radius 2 is 1.70 bits per heavy atom. The van der Waals surface area contributed by atoms with Crippen LogP contribution in [0.5, 0.6) is 0 Å². The van der Waals surface area contributed by atoms with Crippen molar-refractivity contribution in [2.24, 2.45) is 17.8 Å². The molecule has 4 aliphatic carbocycles. The molecular weight excluding hydrogens is 449 g/mol. The molecule has 4 nitrogen and oxygen atoms in total. The third-order valence-corrected chi connectivity index (χ3v) is 8.77. The lowest BCUT2D eigenvalue weighted by Gasteiger charge is -2.56. The van der Waals surface area contributed by atoms with E-state index in [9.17, 15) is 28.3 Å². The Hall–Kier alpha value is -2.53. The van der Waals surface area contributed by atoms with E-state index in [2.05, 4.69) is 4.98 Å². The van der Waals surface area contributed by atoms with Crippen LogP contribution in [0.1, 0.15) is 66.2 Å². The van der Waals surface area contributed by atoms with Gasteiger partial charge in [0.05, 0.1) is 11.1 Å². The molecule has 1 aromatic heterocycles. The largest absolute Gasteiger partial charge is 0.480 e. The average molecular weight is 473 g/mol. The predicted octanol–water partition coefficient (Wildman–Crippen LogP) is 6.36. The number of carbonyl (C=O) groups is 1. The van der Waals surface area contributed by atoms with E-state index >= 15 is 0 Å². The topological polar surface area (TPSA) is 74.0 Å². The molecule has 4 fully saturated rings. The average Bonchev–Trinajstić information content (AvgIpc) is 2.75. The second kappa shape index (κ2) is 8.05. The van der Waals surface area contributed by atoms with Gasteiger partial charge in [-0.2, -0.15) is 18.4 Å². The Labute approximate surface area is 194 Å². The van der Waals surface area contributed by atoms with E-state index in [1.54, 1.807) is 36.4 Å². The number of hydrogen-bond donors (Lipinski definition) is 1. The number of hydrogen-bond acceptors (Lipinski definition) is 4. The van der Waals surface area contributed by atoms with Gasteiger partial charge >= 0.3 is 12.1 Å². The van der Waals surface area contributed by atoms with Gasteiger partial charge in [-0.25, -0.2) is 4.98 Å². The highest BCUT2D eigenvalue weighted by Crippen LogP contribution is 2.61. The van der Waals surface area contributed by atoms with Crippen molar-refractivity contribution in [2.75, 3.05) is 0 Å². The van der Waals surface area contributed by atoms with Crippen LogP contribution in [0.4, 0.5) is 13.2 Å². The summed E-state index contributed by atoms with van der Waals surface area (Å²) in [5.74, 6) is 0.339. The van der Waals surface area contributed by atoms with Crippen molar-refractivity contribution in [3.63, 3.8) is 0 Å². The van der Waals surface area contributed by atoms with Gasteiger partial charge in [-0.05, 0) is 67.9 Å². The Balaban J connectivity index is 1.63. The standard InChI is InChI=1S/C25H23F3N2O2S/c26-25(27,28)19-9-20(24-10-14-6-15(11-24)8-16(7-14)12-24)30-22(18(19)13-29)33-21(23(31)32)17-4-2-1-3-5-17/h1-5,9,14-16,21H,6-8,10-12H2,(H,31,32). The molecule has 1 aromatic carbocycles. The molecule has 1 N–H and O–H groups in total. The summed E-state index contributed by atoms with van der Waals surface area (Å²) in [5, 5.41) is 18.2. The summed E-state index contributed by atoms with van der Waals surface area (Å²) in [5.41, 5.74) is -1.19. The predicted molar refractivity (Wildman–Crippen MR) is 116 cm³/mol. The Morgan fingerprint density at radius 1 is 1.12 bits per heavy atom. The van der Waals surface area contributed by atoms with E-state index in [0.717, 1.165) is 44.6 Å². The lowest BCUT2D eigenvalue weighted by atomic mass is 9.48. The maximum atomic E-state index is 14.1. The highest BCUT2D eigenvalue weighted by atomic mass is 32.2. The number of aromatic nitrogens is 1. The molecule has 6 rings (SSSR count). The molecule has 8 heteroatoms. The van der Waals surface area contributed by atoms with E-state index < -0.39 is 33.9 Å². The fourth-order valence-electron chi connectivity index (χ4n) is 6.64. The lowest BCUT2D eigenvalue weighted by molar-refractivity contribution is -0.138.